The Hall–Kier alpha value is -0.810. The van der Waals surface area contributed by atoms with E-state index in [1.165, 1.54) is 25.8 Å². The molecule has 3 atom stereocenters. The number of urea groups is 1. The third-order valence-electron chi connectivity index (χ3n) is 4.44. The molecule has 0 aromatic heterocycles. The second kappa shape index (κ2) is 5.45. The Morgan fingerprint density at radius 2 is 2.06 bits per heavy atom. The zero-order valence-electron chi connectivity index (χ0n) is 10.9. The first-order valence-electron chi connectivity index (χ1n) is 7.22. The van der Waals surface area contributed by atoms with Crippen molar-refractivity contribution in [3.05, 3.63) is 0 Å². The van der Waals surface area contributed by atoms with Gasteiger partial charge in [-0.05, 0) is 32.2 Å². The minimum absolute atomic E-state index is 0.0112. The van der Waals surface area contributed by atoms with Gasteiger partial charge in [-0.15, -0.1) is 0 Å². The fraction of sp³-hybridized carbons (Fsp3) is 0.923. The van der Waals surface area contributed by atoms with Crippen LogP contribution >= 0.6 is 0 Å². The first-order valence-corrected chi connectivity index (χ1v) is 7.22. The van der Waals surface area contributed by atoms with Crippen LogP contribution in [0.4, 0.5) is 4.79 Å². The van der Waals surface area contributed by atoms with Crippen molar-refractivity contribution in [1.82, 2.24) is 15.5 Å². The molecule has 5 nitrogen and oxygen atoms in total. The molecule has 3 heterocycles. The molecule has 3 rings (SSSR count). The van der Waals surface area contributed by atoms with E-state index in [9.17, 15) is 4.79 Å². The van der Waals surface area contributed by atoms with Gasteiger partial charge in [-0.3, -0.25) is 4.90 Å². The van der Waals surface area contributed by atoms with Gasteiger partial charge in [0.1, 0.15) is 0 Å². The first-order chi connectivity index (χ1) is 8.83. The van der Waals surface area contributed by atoms with Gasteiger partial charge in [0, 0.05) is 25.2 Å². The first kappa shape index (κ1) is 12.2. The number of carbonyl (C=O) groups excluding carboxylic acids is 1. The highest BCUT2D eigenvalue weighted by Crippen LogP contribution is 2.27. The van der Waals surface area contributed by atoms with Crippen molar-refractivity contribution in [2.75, 3.05) is 26.3 Å². The maximum absolute atomic E-state index is 11.9. The summed E-state index contributed by atoms with van der Waals surface area (Å²) < 4.78 is 5.26. The Morgan fingerprint density at radius 3 is 2.89 bits per heavy atom. The lowest BCUT2D eigenvalue weighted by Crippen LogP contribution is -2.51. The molecule has 3 aliphatic rings. The van der Waals surface area contributed by atoms with Crippen molar-refractivity contribution in [1.29, 1.82) is 0 Å². The molecular weight excluding hydrogens is 230 g/mol. The highest BCUT2D eigenvalue weighted by molar-refractivity contribution is 5.74. The van der Waals surface area contributed by atoms with Gasteiger partial charge in [0.05, 0.1) is 12.6 Å². The van der Waals surface area contributed by atoms with Gasteiger partial charge in [0.15, 0.2) is 0 Å². The minimum atomic E-state index is -0.0112. The van der Waals surface area contributed by atoms with Crippen LogP contribution < -0.4 is 10.6 Å². The number of carbonyl (C=O) groups is 1. The van der Waals surface area contributed by atoms with E-state index in [1.54, 1.807) is 0 Å². The summed E-state index contributed by atoms with van der Waals surface area (Å²) >= 11 is 0. The molecular formula is C13H23N3O2. The van der Waals surface area contributed by atoms with Gasteiger partial charge < -0.3 is 15.4 Å². The number of amides is 2. The van der Waals surface area contributed by atoms with Crippen molar-refractivity contribution >= 4 is 6.03 Å². The maximum Gasteiger partial charge on any atom is 0.315 e. The number of nitrogens with zero attached hydrogens (tertiary/aromatic N) is 1. The lowest BCUT2D eigenvalue weighted by atomic mass is 9.99. The van der Waals surface area contributed by atoms with Crippen molar-refractivity contribution in [3.63, 3.8) is 0 Å². The summed E-state index contributed by atoms with van der Waals surface area (Å²) in [6, 6.07) is 1.11. The van der Waals surface area contributed by atoms with Crippen molar-refractivity contribution in [3.8, 4) is 0 Å². The molecule has 3 saturated heterocycles. The van der Waals surface area contributed by atoms with Crippen LogP contribution in [0.5, 0.6) is 0 Å². The van der Waals surface area contributed by atoms with Crippen LogP contribution in [0.3, 0.4) is 0 Å². The van der Waals surface area contributed by atoms with Crippen LogP contribution in [0.2, 0.25) is 0 Å². The molecule has 0 saturated carbocycles. The second-order valence-electron chi connectivity index (χ2n) is 5.67. The third-order valence-corrected chi connectivity index (χ3v) is 4.44. The van der Waals surface area contributed by atoms with Gasteiger partial charge in [-0.25, -0.2) is 4.79 Å². The second-order valence-corrected chi connectivity index (χ2v) is 5.67. The lowest BCUT2D eigenvalue weighted by Gasteiger charge is -2.32. The van der Waals surface area contributed by atoms with E-state index in [1.807, 2.05) is 0 Å². The Balaban J connectivity index is 1.48. The fourth-order valence-electron chi connectivity index (χ4n) is 3.46. The average Bonchev–Trinajstić information content (AvgIpc) is 3.00. The summed E-state index contributed by atoms with van der Waals surface area (Å²) in [4.78, 5) is 14.5. The summed E-state index contributed by atoms with van der Waals surface area (Å²) in [5.74, 6) is 0. The van der Waals surface area contributed by atoms with E-state index in [0.717, 1.165) is 26.0 Å². The van der Waals surface area contributed by atoms with Gasteiger partial charge in [0.25, 0.3) is 0 Å². The van der Waals surface area contributed by atoms with E-state index in [2.05, 4.69) is 15.5 Å². The maximum atomic E-state index is 11.9. The Labute approximate surface area is 108 Å². The van der Waals surface area contributed by atoms with E-state index < -0.39 is 0 Å². The Morgan fingerprint density at radius 1 is 1.11 bits per heavy atom. The van der Waals surface area contributed by atoms with Crippen LogP contribution in [0.15, 0.2) is 0 Å². The highest BCUT2D eigenvalue weighted by atomic mass is 16.5. The third kappa shape index (κ3) is 2.62. The van der Waals surface area contributed by atoms with Gasteiger partial charge >= 0.3 is 6.03 Å². The van der Waals surface area contributed by atoms with Crippen LogP contribution in [-0.2, 0) is 4.74 Å². The van der Waals surface area contributed by atoms with Crippen LogP contribution in [-0.4, -0.2) is 55.4 Å². The summed E-state index contributed by atoms with van der Waals surface area (Å²) in [5, 5.41) is 6.17. The molecule has 0 bridgehead atoms. The standard InChI is InChI=1S/C13H23N3O2/c17-13(14-10-5-8-18-9-10)15-11-4-7-16-6-2-1-3-12(11)16/h10-12H,1-9H2,(H2,14,15,17). The molecule has 2 amide bonds. The molecule has 0 spiro atoms. The lowest BCUT2D eigenvalue weighted by molar-refractivity contribution is 0.176. The summed E-state index contributed by atoms with van der Waals surface area (Å²) in [6.45, 7) is 3.78. The SMILES string of the molecule is O=C(NC1CCOC1)NC1CCN2CCCCC12. The fourth-order valence-corrected chi connectivity index (χ4v) is 3.46. The highest BCUT2D eigenvalue weighted by Gasteiger charge is 2.36. The number of nitrogens with one attached hydrogen (secondary N) is 2. The largest absolute Gasteiger partial charge is 0.379 e. The molecule has 0 aromatic carbocycles. The van der Waals surface area contributed by atoms with Gasteiger partial charge in [-0.1, -0.05) is 6.42 Å². The predicted molar refractivity (Wildman–Crippen MR) is 68.5 cm³/mol. The van der Waals surface area contributed by atoms with Crippen LogP contribution in [0.1, 0.15) is 32.1 Å². The molecule has 18 heavy (non-hydrogen) atoms. The normalized spacial score (nSPS) is 36.3. The predicted octanol–water partition coefficient (Wildman–Crippen LogP) is 0.701. The molecule has 0 aromatic rings. The van der Waals surface area contributed by atoms with Crippen LogP contribution in [0.25, 0.3) is 0 Å². The molecule has 3 fully saturated rings. The molecule has 0 radical (unpaired) electrons. The number of rotatable bonds is 2. The minimum Gasteiger partial charge on any atom is -0.379 e. The summed E-state index contributed by atoms with van der Waals surface area (Å²) in [7, 11) is 0. The molecule has 3 unspecified atom stereocenters. The van der Waals surface area contributed by atoms with Crippen molar-refractivity contribution < 1.29 is 9.53 Å². The average molecular weight is 253 g/mol. The molecule has 2 N–H and O–H groups in total. The zero-order chi connectivity index (χ0) is 12.4. The van der Waals surface area contributed by atoms with E-state index >= 15 is 0 Å². The van der Waals surface area contributed by atoms with Gasteiger partial charge in [0.2, 0.25) is 0 Å². The Kier molecular flexibility index (Phi) is 3.70. The Bertz CT molecular complexity index is 305. The quantitative estimate of drug-likeness (QED) is 0.762. The topological polar surface area (TPSA) is 53.6 Å². The van der Waals surface area contributed by atoms with Gasteiger partial charge in [-0.2, -0.15) is 0 Å². The molecule has 5 heteroatoms. The number of piperidine rings is 1. The van der Waals surface area contributed by atoms with E-state index in [-0.39, 0.29) is 12.1 Å². The van der Waals surface area contributed by atoms with Crippen molar-refractivity contribution in [2.45, 2.75) is 50.2 Å². The molecule has 3 aliphatic heterocycles. The zero-order valence-corrected chi connectivity index (χ0v) is 10.9. The van der Waals surface area contributed by atoms with Crippen molar-refractivity contribution in [2.24, 2.45) is 0 Å². The summed E-state index contributed by atoms with van der Waals surface area (Å²) in [6.07, 6.45) is 5.89. The molecule has 0 aliphatic carbocycles. The number of fused-ring (bicyclic) bond motifs is 1. The summed E-state index contributed by atoms with van der Waals surface area (Å²) in [5.41, 5.74) is 0. The molecule has 102 valence electrons. The number of hydrogen-bond acceptors (Lipinski definition) is 3. The van der Waals surface area contributed by atoms with Crippen LogP contribution in [0, 0.1) is 0 Å². The monoisotopic (exact) mass is 253 g/mol. The van der Waals surface area contributed by atoms with E-state index in [0.29, 0.717) is 18.7 Å². The number of ether oxygens (including phenoxy) is 1. The van der Waals surface area contributed by atoms with E-state index in [4.69, 9.17) is 4.74 Å². The smallest absolute Gasteiger partial charge is 0.315 e. The number of hydrogen-bond donors (Lipinski definition) is 2.